The first-order valence-corrected chi connectivity index (χ1v) is 6.12. The van der Waals surface area contributed by atoms with Gasteiger partial charge in [0.15, 0.2) is 0 Å². The number of hydrogen-bond donors (Lipinski definition) is 2. The van der Waals surface area contributed by atoms with E-state index in [1.54, 1.807) is 17.1 Å². The van der Waals surface area contributed by atoms with Gasteiger partial charge in [0.2, 0.25) is 0 Å². The number of imidazole rings is 1. The Balaban J connectivity index is 2.39. The van der Waals surface area contributed by atoms with E-state index in [1.807, 2.05) is 7.05 Å². The molecular weight excluding hydrogens is 276 g/mol. The Hall–Kier alpha value is -2.90. The largest absolute Gasteiger partial charge is 0.478 e. The number of nitro benzene ring substituents is 1. The maximum atomic E-state index is 11.3. The van der Waals surface area contributed by atoms with Crippen molar-refractivity contribution in [3.63, 3.8) is 0 Å². The monoisotopic (exact) mass is 290 g/mol. The number of nitrogens with one attached hydrogen (secondary N) is 1. The van der Waals surface area contributed by atoms with E-state index in [9.17, 15) is 20.0 Å². The number of nitro groups is 1. The first-order chi connectivity index (χ1) is 9.91. The summed E-state index contributed by atoms with van der Waals surface area (Å²) in [6, 6.07) is 2.44. The van der Waals surface area contributed by atoms with Crippen molar-refractivity contribution < 1.29 is 14.8 Å². The van der Waals surface area contributed by atoms with Crippen molar-refractivity contribution in [3.05, 3.63) is 51.6 Å². The Morgan fingerprint density at radius 3 is 2.76 bits per heavy atom. The Morgan fingerprint density at radius 1 is 1.52 bits per heavy atom. The minimum absolute atomic E-state index is 0.000248. The van der Waals surface area contributed by atoms with Crippen LogP contribution in [-0.2, 0) is 13.6 Å². The van der Waals surface area contributed by atoms with Crippen LogP contribution in [0.1, 0.15) is 21.6 Å². The third-order valence-corrected chi connectivity index (χ3v) is 3.23. The summed E-state index contributed by atoms with van der Waals surface area (Å²) >= 11 is 0. The van der Waals surface area contributed by atoms with Crippen LogP contribution in [0.3, 0.4) is 0 Å². The van der Waals surface area contributed by atoms with Gasteiger partial charge in [-0.15, -0.1) is 0 Å². The number of carboxylic acids is 1. The van der Waals surface area contributed by atoms with Crippen LogP contribution in [0, 0.1) is 17.0 Å². The molecule has 2 N–H and O–H groups in total. The van der Waals surface area contributed by atoms with E-state index < -0.39 is 10.9 Å². The molecule has 0 saturated heterocycles. The Morgan fingerprint density at radius 2 is 2.24 bits per heavy atom. The number of aromatic nitrogens is 2. The van der Waals surface area contributed by atoms with Gasteiger partial charge in [-0.05, 0) is 13.0 Å². The van der Waals surface area contributed by atoms with Gasteiger partial charge in [-0.25, -0.2) is 9.78 Å². The van der Waals surface area contributed by atoms with Gasteiger partial charge in [0.1, 0.15) is 0 Å². The van der Waals surface area contributed by atoms with Gasteiger partial charge in [0.25, 0.3) is 5.69 Å². The van der Waals surface area contributed by atoms with Gasteiger partial charge in [-0.2, -0.15) is 0 Å². The highest BCUT2D eigenvalue weighted by Gasteiger charge is 2.20. The summed E-state index contributed by atoms with van der Waals surface area (Å²) in [7, 11) is 1.81. The first kappa shape index (κ1) is 14.5. The molecule has 1 aromatic carbocycles. The summed E-state index contributed by atoms with van der Waals surface area (Å²) in [6.45, 7) is 1.84. The average molecular weight is 290 g/mol. The molecule has 0 radical (unpaired) electrons. The standard InChI is InChI=1S/C13H14N4O4/c1-8-11(17(20)21)4-3-10(13(18)19)12(8)15-6-9-5-14-7-16(9)2/h3-5,7,15H,6H2,1-2H3,(H,18,19). The molecule has 8 nitrogen and oxygen atoms in total. The van der Waals surface area contributed by atoms with E-state index in [4.69, 9.17) is 0 Å². The Kier molecular flexibility index (Phi) is 3.88. The van der Waals surface area contributed by atoms with Crippen molar-refractivity contribution in [2.75, 3.05) is 5.32 Å². The molecule has 0 fully saturated rings. The molecule has 0 aliphatic rings. The van der Waals surface area contributed by atoms with E-state index in [2.05, 4.69) is 10.3 Å². The quantitative estimate of drug-likeness (QED) is 0.643. The highest BCUT2D eigenvalue weighted by molar-refractivity contribution is 5.96. The number of carbonyl (C=O) groups is 1. The number of nitrogens with zero attached hydrogens (tertiary/aromatic N) is 3. The van der Waals surface area contributed by atoms with E-state index in [0.717, 1.165) is 5.69 Å². The van der Waals surface area contributed by atoms with Gasteiger partial charge in [0, 0.05) is 19.3 Å². The maximum Gasteiger partial charge on any atom is 0.337 e. The van der Waals surface area contributed by atoms with Crippen LogP contribution in [0.25, 0.3) is 0 Å². The van der Waals surface area contributed by atoms with Gasteiger partial charge >= 0.3 is 5.97 Å². The van der Waals surface area contributed by atoms with Crippen LogP contribution in [-0.4, -0.2) is 25.6 Å². The lowest BCUT2D eigenvalue weighted by Gasteiger charge is -2.13. The van der Waals surface area contributed by atoms with Crippen LogP contribution in [0.2, 0.25) is 0 Å². The van der Waals surface area contributed by atoms with Crippen LogP contribution in [0.5, 0.6) is 0 Å². The molecule has 0 aliphatic carbocycles. The second-order valence-electron chi connectivity index (χ2n) is 4.54. The number of hydrogen-bond acceptors (Lipinski definition) is 5. The molecule has 1 heterocycles. The molecule has 2 aromatic rings. The van der Waals surface area contributed by atoms with Gasteiger partial charge < -0.3 is 15.0 Å². The molecule has 2 rings (SSSR count). The number of rotatable bonds is 5. The molecule has 0 amide bonds. The summed E-state index contributed by atoms with van der Waals surface area (Å²) in [5.41, 5.74) is 1.25. The lowest BCUT2D eigenvalue weighted by atomic mass is 10.1. The molecule has 0 aliphatic heterocycles. The average Bonchev–Trinajstić information content (AvgIpc) is 2.81. The van der Waals surface area contributed by atoms with Gasteiger partial charge in [-0.1, -0.05) is 0 Å². The van der Waals surface area contributed by atoms with E-state index in [1.165, 1.54) is 19.1 Å². The molecule has 0 bridgehead atoms. The van der Waals surface area contributed by atoms with Crippen LogP contribution >= 0.6 is 0 Å². The molecule has 0 spiro atoms. The normalized spacial score (nSPS) is 10.4. The van der Waals surface area contributed by atoms with E-state index >= 15 is 0 Å². The number of aromatic carboxylic acids is 1. The summed E-state index contributed by atoms with van der Waals surface area (Å²) in [5, 5.41) is 23.1. The predicted molar refractivity (Wildman–Crippen MR) is 75.3 cm³/mol. The van der Waals surface area contributed by atoms with Crippen LogP contribution in [0.15, 0.2) is 24.7 Å². The van der Waals surface area contributed by atoms with E-state index in [-0.39, 0.29) is 16.9 Å². The molecule has 0 saturated carbocycles. The molecule has 21 heavy (non-hydrogen) atoms. The van der Waals surface area contributed by atoms with Crippen molar-refractivity contribution in [1.82, 2.24) is 9.55 Å². The zero-order chi connectivity index (χ0) is 15.6. The summed E-state index contributed by atoms with van der Waals surface area (Å²) in [5.74, 6) is -1.14. The lowest BCUT2D eigenvalue weighted by Crippen LogP contribution is -2.11. The summed E-state index contributed by atoms with van der Waals surface area (Å²) in [4.78, 5) is 25.6. The third-order valence-electron chi connectivity index (χ3n) is 3.23. The first-order valence-electron chi connectivity index (χ1n) is 6.12. The highest BCUT2D eigenvalue weighted by atomic mass is 16.6. The van der Waals surface area contributed by atoms with Gasteiger partial charge in [-0.3, -0.25) is 10.1 Å². The zero-order valence-electron chi connectivity index (χ0n) is 11.5. The van der Waals surface area contributed by atoms with Gasteiger partial charge in [0.05, 0.1) is 40.3 Å². The highest BCUT2D eigenvalue weighted by Crippen LogP contribution is 2.29. The molecule has 110 valence electrons. The Labute approximate surface area is 120 Å². The fourth-order valence-corrected chi connectivity index (χ4v) is 2.04. The number of benzene rings is 1. The minimum Gasteiger partial charge on any atom is -0.478 e. The fourth-order valence-electron chi connectivity index (χ4n) is 2.04. The molecule has 0 atom stereocenters. The van der Waals surface area contributed by atoms with Crippen LogP contribution < -0.4 is 5.32 Å². The van der Waals surface area contributed by atoms with Crippen molar-refractivity contribution in [3.8, 4) is 0 Å². The predicted octanol–water partition coefficient (Wildman–Crippen LogP) is 1.95. The molecular formula is C13H14N4O4. The minimum atomic E-state index is -1.14. The summed E-state index contributed by atoms with van der Waals surface area (Å²) in [6.07, 6.45) is 3.26. The number of carboxylic acid groups (broad SMARTS) is 1. The fraction of sp³-hybridized carbons (Fsp3) is 0.231. The Bertz CT molecular complexity index is 708. The molecule has 0 unspecified atom stereocenters. The smallest absolute Gasteiger partial charge is 0.337 e. The van der Waals surface area contributed by atoms with Crippen molar-refractivity contribution >= 4 is 17.3 Å². The van der Waals surface area contributed by atoms with Crippen LogP contribution in [0.4, 0.5) is 11.4 Å². The van der Waals surface area contributed by atoms with E-state index in [0.29, 0.717) is 12.1 Å². The number of aryl methyl sites for hydroxylation is 1. The van der Waals surface area contributed by atoms with Crippen molar-refractivity contribution in [2.24, 2.45) is 7.05 Å². The third kappa shape index (κ3) is 2.83. The SMILES string of the molecule is Cc1c([N+](=O)[O-])ccc(C(=O)O)c1NCc1cncn1C. The number of anilines is 1. The second-order valence-corrected chi connectivity index (χ2v) is 4.54. The van der Waals surface area contributed by atoms with Crippen molar-refractivity contribution in [1.29, 1.82) is 0 Å². The molecule has 1 aromatic heterocycles. The summed E-state index contributed by atoms with van der Waals surface area (Å²) < 4.78 is 1.78. The molecule has 8 heteroatoms. The van der Waals surface area contributed by atoms with Crippen molar-refractivity contribution in [2.45, 2.75) is 13.5 Å². The second kappa shape index (κ2) is 5.61. The lowest BCUT2D eigenvalue weighted by molar-refractivity contribution is -0.385. The topological polar surface area (TPSA) is 110 Å². The zero-order valence-corrected chi connectivity index (χ0v) is 11.5. The maximum absolute atomic E-state index is 11.3.